The molecule has 6 heteroatoms. The molecule has 3 N–H and O–H groups in total. The second-order valence-electron chi connectivity index (χ2n) is 4.24. The highest BCUT2D eigenvalue weighted by molar-refractivity contribution is 4.97. The van der Waals surface area contributed by atoms with Crippen molar-refractivity contribution in [2.75, 3.05) is 19.6 Å². The highest BCUT2D eigenvalue weighted by atomic mass is 16.3. The SMILES string of the molecule is CCN1C2NC(O)N(CC)C2N(CC)C1O. The second-order valence-corrected chi connectivity index (χ2v) is 4.24. The molecular weight excluding hydrogens is 208 g/mol. The van der Waals surface area contributed by atoms with Crippen LogP contribution < -0.4 is 5.32 Å². The van der Waals surface area contributed by atoms with Gasteiger partial charge in [0.05, 0.1) is 12.3 Å². The van der Waals surface area contributed by atoms with Crippen LogP contribution in [0.1, 0.15) is 20.8 Å². The maximum absolute atomic E-state index is 10.2. The van der Waals surface area contributed by atoms with E-state index in [-0.39, 0.29) is 12.3 Å². The van der Waals surface area contributed by atoms with E-state index in [4.69, 9.17) is 0 Å². The second kappa shape index (κ2) is 4.56. The smallest absolute Gasteiger partial charge is 0.168 e. The minimum atomic E-state index is -0.615. The molecule has 6 nitrogen and oxygen atoms in total. The van der Waals surface area contributed by atoms with E-state index >= 15 is 0 Å². The molecule has 2 fully saturated rings. The summed E-state index contributed by atoms with van der Waals surface area (Å²) in [7, 11) is 0. The first-order valence-electron chi connectivity index (χ1n) is 6.05. The summed E-state index contributed by atoms with van der Waals surface area (Å²) >= 11 is 0. The molecular formula is C10H22N4O2. The maximum Gasteiger partial charge on any atom is 0.168 e. The zero-order valence-electron chi connectivity index (χ0n) is 10.2. The number of likely N-dealkylation sites (N-methyl/N-ethyl adjacent to an activating group) is 3. The summed E-state index contributed by atoms with van der Waals surface area (Å²) < 4.78 is 0. The van der Waals surface area contributed by atoms with E-state index in [2.05, 4.69) is 5.32 Å². The van der Waals surface area contributed by atoms with Gasteiger partial charge >= 0.3 is 0 Å². The normalized spacial score (nSPS) is 41.8. The summed E-state index contributed by atoms with van der Waals surface area (Å²) in [5.41, 5.74) is 0. The Hall–Kier alpha value is -0.240. The highest BCUT2D eigenvalue weighted by Crippen LogP contribution is 2.31. The van der Waals surface area contributed by atoms with Gasteiger partial charge in [-0.25, -0.2) is 14.7 Å². The van der Waals surface area contributed by atoms with E-state index < -0.39 is 12.7 Å². The fourth-order valence-electron chi connectivity index (χ4n) is 2.84. The van der Waals surface area contributed by atoms with E-state index in [1.807, 2.05) is 35.5 Å². The average Bonchev–Trinajstić information content (AvgIpc) is 2.70. The van der Waals surface area contributed by atoms with Crippen molar-refractivity contribution in [1.29, 1.82) is 0 Å². The Bertz CT molecular complexity index is 251. The van der Waals surface area contributed by atoms with Gasteiger partial charge in [0.1, 0.15) is 0 Å². The third-order valence-electron chi connectivity index (χ3n) is 3.64. The van der Waals surface area contributed by atoms with Crippen LogP contribution in [0.4, 0.5) is 0 Å². The molecule has 16 heavy (non-hydrogen) atoms. The molecule has 2 saturated heterocycles. The third-order valence-corrected chi connectivity index (χ3v) is 3.64. The molecule has 0 aromatic heterocycles. The monoisotopic (exact) mass is 230 g/mol. The summed E-state index contributed by atoms with van der Waals surface area (Å²) in [5.74, 6) is 0. The van der Waals surface area contributed by atoms with Crippen molar-refractivity contribution in [2.24, 2.45) is 0 Å². The molecule has 4 atom stereocenters. The Balaban J connectivity index is 2.24. The molecule has 0 radical (unpaired) electrons. The lowest BCUT2D eigenvalue weighted by Gasteiger charge is -2.32. The van der Waals surface area contributed by atoms with Crippen LogP contribution >= 0.6 is 0 Å². The molecule has 0 aromatic rings. The van der Waals surface area contributed by atoms with Crippen LogP contribution in [-0.4, -0.2) is 69.6 Å². The molecule has 0 aliphatic carbocycles. The van der Waals surface area contributed by atoms with Crippen LogP contribution in [0.15, 0.2) is 0 Å². The van der Waals surface area contributed by atoms with Crippen molar-refractivity contribution in [3.63, 3.8) is 0 Å². The van der Waals surface area contributed by atoms with Gasteiger partial charge in [0.25, 0.3) is 0 Å². The Labute approximate surface area is 96.4 Å². The molecule has 4 unspecified atom stereocenters. The topological polar surface area (TPSA) is 62.2 Å². The molecule has 0 amide bonds. The van der Waals surface area contributed by atoms with Crippen LogP contribution in [0.3, 0.4) is 0 Å². The summed E-state index contributed by atoms with van der Waals surface area (Å²) in [6.45, 7) is 8.35. The summed E-state index contributed by atoms with van der Waals surface area (Å²) in [6.07, 6.45) is -1.11. The van der Waals surface area contributed by atoms with E-state index in [1.54, 1.807) is 0 Å². The van der Waals surface area contributed by atoms with Gasteiger partial charge in [0.2, 0.25) is 0 Å². The lowest BCUT2D eigenvalue weighted by Crippen LogP contribution is -2.50. The summed E-state index contributed by atoms with van der Waals surface area (Å²) in [5, 5.41) is 23.2. The number of nitrogens with one attached hydrogen (secondary N) is 1. The number of hydrogen-bond acceptors (Lipinski definition) is 6. The van der Waals surface area contributed by atoms with Crippen LogP contribution in [-0.2, 0) is 0 Å². The lowest BCUT2D eigenvalue weighted by atomic mass is 10.3. The van der Waals surface area contributed by atoms with E-state index in [9.17, 15) is 10.2 Å². The highest BCUT2D eigenvalue weighted by Gasteiger charge is 2.53. The Kier molecular flexibility index (Phi) is 3.48. The van der Waals surface area contributed by atoms with Crippen molar-refractivity contribution in [2.45, 2.75) is 45.8 Å². The third kappa shape index (κ3) is 1.57. The van der Waals surface area contributed by atoms with Gasteiger partial charge in [0.15, 0.2) is 12.7 Å². The van der Waals surface area contributed by atoms with Gasteiger partial charge in [-0.3, -0.25) is 5.32 Å². The van der Waals surface area contributed by atoms with Gasteiger partial charge < -0.3 is 10.2 Å². The van der Waals surface area contributed by atoms with Crippen molar-refractivity contribution in [3.8, 4) is 0 Å². The molecule has 94 valence electrons. The van der Waals surface area contributed by atoms with E-state index in [0.717, 1.165) is 19.6 Å². The number of aliphatic hydroxyl groups is 2. The molecule has 2 heterocycles. The molecule has 2 rings (SSSR count). The first-order valence-corrected chi connectivity index (χ1v) is 6.05. The molecule has 2 aliphatic heterocycles. The predicted octanol–water partition coefficient (Wildman–Crippen LogP) is -1.23. The molecule has 2 aliphatic rings. The van der Waals surface area contributed by atoms with Gasteiger partial charge in [0, 0.05) is 19.6 Å². The Morgan fingerprint density at radius 2 is 1.50 bits per heavy atom. The van der Waals surface area contributed by atoms with Crippen LogP contribution in [0.25, 0.3) is 0 Å². The zero-order valence-corrected chi connectivity index (χ0v) is 10.2. The van der Waals surface area contributed by atoms with Gasteiger partial charge in [-0.1, -0.05) is 20.8 Å². The fraction of sp³-hybridized carbons (Fsp3) is 1.00. The predicted molar refractivity (Wildman–Crippen MR) is 59.9 cm³/mol. The molecule has 0 spiro atoms. The fourth-order valence-corrected chi connectivity index (χ4v) is 2.84. The Morgan fingerprint density at radius 3 is 2.00 bits per heavy atom. The first-order chi connectivity index (χ1) is 7.65. The average molecular weight is 230 g/mol. The minimum absolute atomic E-state index is 0.00917. The number of nitrogens with zero attached hydrogens (tertiary/aromatic N) is 3. The molecule has 0 bridgehead atoms. The molecule has 0 saturated carbocycles. The van der Waals surface area contributed by atoms with Crippen LogP contribution in [0, 0.1) is 0 Å². The number of hydrogen-bond donors (Lipinski definition) is 3. The Morgan fingerprint density at radius 1 is 0.938 bits per heavy atom. The van der Waals surface area contributed by atoms with Crippen molar-refractivity contribution >= 4 is 0 Å². The first kappa shape index (κ1) is 12.2. The van der Waals surface area contributed by atoms with Gasteiger partial charge in [-0.05, 0) is 0 Å². The van der Waals surface area contributed by atoms with Crippen molar-refractivity contribution in [3.05, 3.63) is 0 Å². The largest absolute Gasteiger partial charge is 0.365 e. The van der Waals surface area contributed by atoms with E-state index in [1.165, 1.54) is 0 Å². The minimum Gasteiger partial charge on any atom is -0.365 e. The molecule has 0 aromatic carbocycles. The number of aliphatic hydroxyl groups excluding tert-OH is 2. The van der Waals surface area contributed by atoms with Crippen molar-refractivity contribution < 1.29 is 10.2 Å². The van der Waals surface area contributed by atoms with Crippen LogP contribution in [0.2, 0.25) is 0 Å². The summed E-state index contributed by atoms with van der Waals surface area (Å²) in [4.78, 5) is 5.93. The summed E-state index contributed by atoms with van der Waals surface area (Å²) in [6, 6.07) is 0. The number of rotatable bonds is 3. The van der Waals surface area contributed by atoms with E-state index in [0.29, 0.717) is 0 Å². The maximum atomic E-state index is 10.2. The van der Waals surface area contributed by atoms with Crippen LogP contribution in [0.5, 0.6) is 0 Å². The van der Waals surface area contributed by atoms with Gasteiger partial charge in [-0.2, -0.15) is 0 Å². The quantitative estimate of drug-likeness (QED) is 0.564. The van der Waals surface area contributed by atoms with Crippen molar-refractivity contribution in [1.82, 2.24) is 20.0 Å². The van der Waals surface area contributed by atoms with Gasteiger partial charge in [-0.15, -0.1) is 0 Å². The number of fused-ring (bicyclic) bond motifs is 1. The zero-order chi connectivity index (χ0) is 11.9. The standard InChI is InChI=1S/C10H22N4O2/c1-4-12-7-8(14(6-3)10(12)16)13(5-2)9(15)11-7/h7-11,15-16H,4-6H2,1-3H3. The lowest BCUT2D eigenvalue weighted by molar-refractivity contribution is -0.112.